The third-order valence-corrected chi connectivity index (χ3v) is 5.37. The monoisotopic (exact) mass is 238 g/mol. The summed E-state index contributed by atoms with van der Waals surface area (Å²) in [4.78, 5) is 2.27. The summed E-state index contributed by atoms with van der Waals surface area (Å²) in [6.07, 6.45) is 5.74. The van der Waals surface area contributed by atoms with Crippen molar-refractivity contribution in [3.63, 3.8) is 0 Å². The summed E-state index contributed by atoms with van der Waals surface area (Å²) in [7, 11) is 4.30. The van der Waals surface area contributed by atoms with E-state index >= 15 is 0 Å². The lowest BCUT2D eigenvalue weighted by Gasteiger charge is -2.60. The molecule has 3 rings (SSSR count). The molecule has 3 saturated carbocycles. The molecule has 0 saturated heterocycles. The molecule has 2 nitrogen and oxygen atoms in total. The molecule has 3 unspecified atom stereocenters. The molecule has 3 fully saturated rings. The van der Waals surface area contributed by atoms with Crippen molar-refractivity contribution in [2.75, 3.05) is 33.7 Å². The van der Waals surface area contributed by atoms with E-state index in [0.29, 0.717) is 5.41 Å². The lowest BCUT2D eigenvalue weighted by atomic mass is 9.45. The van der Waals surface area contributed by atoms with Crippen LogP contribution in [0.1, 0.15) is 39.5 Å². The summed E-state index contributed by atoms with van der Waals surface area (Å²) in [6, 6.07) is 0. The number of fused-ring (bicyclic) bond motifs is 2. The van der Waals surface area contributed by atoms with Crippen LogP contribution in [-0.4, -0.2) is 38.6 Å². The normalized spacial score (nSPS) is 34.8. The van der Waals surface area contributed by atoms with Gasteiger partial charge < -0.3 is 10.2 Å². The Balaban J connectivity index is 1.63. The van der Waals surface area contributed by atoms with Gasteiger partial charge in [-0.05, 0) is 82.6 Å². The summed E-state index contributed by atoms with van der Waals surface area (Å²) in [5.74, 6) is 2.99. The Hall–Kier alpha value is -0.0800. The van der Waals surface area contributed by atoms with Crippen molar-refractivity contribution in [2.24, 2.45) is 23.2 Å². The number of rotatable bonds is 6. The summed E-state index contributed by atoms with van der Waals surface area (Å²) in [6.45, 7) is 8.63. The van der Waals surface area contributed by atoms with E-state index in [1.807, 2.05) is 0 Å². The molecule has 0 aromatic rings. The van der Waals surface area contributed by atoms with Crippen molar-refractivity contribution in [3.05, 3.63) is 0 Å². The van der Waals surface area contributed by atoms with E-state index in [1.54, 1.807) is 0 Å². The summed E-state index contributed by atoms with van der Waals surface area (Å²) < 4.78 is 0. The van der Waals surface area contributed by atoms with Crippen molar-refractivity contribution < 1.29 is 0 Å². The minimum Gasteiger partial charge on any atom is -0.316 e. The fraction of sp³-hybridized carbons (Fsp3) is 1.00. The molecule has 17 heavy (non-hydrogen) atoms. The first-order chi connectivity index (χ1) is 8.01. The second-order valence-corrected chi connectivity index (χ2v) is 7.06. The average Bonchev–Trinajstić information content (AvgIpc) is 2.28. The number of hydrogen-bond donors (Lipinski definition) is 1. The Morgan fingerprint density at radius 3 is 2.59 bits per heavy atom. The SMILES string of the molecule is CN(C)CCCNCC1CCC2CC1C2(C)C. The van der Waals surface area contributed by atoms with Crippen molar-refractivity contribution in [3.8, 4) is 0 Å². The summed E-state index contributed by atoms with van der Waals surface area (Å²) >= 11 is 0. The Bertz CT molecular complexity index is 245. The van der Waals surface area contributed by atoms with Crippen molar-refractivity contribution in [2.45, 2.75) is 39.5 Å². The van der Waals surface area contributed by atoms with Gasteiger partial charge in [0.2, 0.25) is 0 Å². The van der Waals surface area contributed by atoms with E-state index in [-0.39, 0.29) is 0 Å². The van der Waals surface area contributed by atoms with Crippen LogP contribution in [0.3, 0.4) is 0 Å². The zero-order chi connectivity index (χ0) is 12.5. The molecule has 0 amide bonds. The largest absolute Gasteiger partial charge is 0.316 e. The molecule has 3 atom stereocenters. The number of hydrogen-bond acceptors (Lipinski definition) is 2. The zero-order valence-corrected chi connectivity index (χ0v) is 12.1. The molecule has 0 spiro atoms. The zero-order valence-electron chi connectivity index (χ0n) is 12.1. The molecule has 0 aromatic carbocycles. The van der Waals surface area contributed by atoms with Gasteiger partial charge in [0.15, 0.2) is 0 Å². The Morgan fingerprint density at radius 1 is 1.24 bits per heavy atom. The minimum atomic E-state index is 0.647. The molecule has 0 aliphatic heterocycles. The van der Waals surface area contributed by atoms with Gasteiger partial charge in [-0.1, -0.05) is 13.8 Å². The van der Waals surface area contributed by atoms with E-state index in [1.165, 1.54) is 45.3 Å². The third kappa shape index (κ3) is 2.85. The van der Waals surface area contributed by atoms with Crippen LogP contribution in [-0.2, 0) is 0 Å². The smallest absolute Gasteiger partial charge is 0.00127 e. The van der Waals surface area contributed by atoms with E-state index in [2.05, 4.69) is 38.2 Å². The molecular weight excluding hydrogens is 208 g/mol. The van der Waals surface area contributed by atoms with Gasteiger partial charge in [0.05, 0.1) is 0 Å². The van der Waals surface area contributed by atoms with Crippen molar-refractivity contribution >= 4 is 0 Å². The Morgan fingerprint density at radius 2 is 2.00 bits per heavy atom. The predicted octanol–water partition coefficient (Wildman–Crippen LogP) is 2.60. The van der Waals surface area contributed by atoms with Crippen LogP contribution in [0.25, 0.3) is 0 Å². The van der Waals surface area contributed by atoms with Gasteiger partial charge in [-0.2, -0.15) is 0 Å². The highest BCUT2D eigenvalue weighted by Gasteiger charge is 2.53. The quantitative estimate of drug-likeness (QED) is 0.716. The van der Waals surface area contributed by atoms with Gasteiger partial charge in [-0.3, -0.25) is 0 Å². The molecule has 2 bridgehead atoms. The van der Waals surface area contributed by atoms with Gasteiger partial charge in [-0.25, -0.2) is 0 Å². The molecule has 0 radical (unpaired) electrons. The molecule has 0 heterocycles. The van der Waals surface area contributed by atoms with Gasteiger partial charge in [0.25, 0.3) is 0 Å². The van der Waals surface area contributed by atoms with Crippen LogP contribution in [0.4, 0.5) is 0 Å². The first kappa shape index (κ1) is 13.4. The van der Waals surface area contributed by atoms with E-state index in [0.717, 1.165) is 17.8 Å². The predicted molar refractivity (Wildman–Crippen MR) is 74.1 cm³/mol. The highest BCUT2D eigenvalue weighted by Crippen LogP contribution is 2.61. The maximum atomic E-state index is 3.68. The minimum absolute atomic E-state index is 0.647. The fourth-order valence-corrected chi connectivity index (χ4v) is 4.01. The van der Waals surface area contributed by atoms with Gasteiger partial charge in [-0.15, -0.1) is 0 Å². The maximum absolute atomic E-state index is 3.68. The Kier molecular flexibility index (Phi) is 4.14. The molecule has 3 aliphatic rings. The average molecular weight is 238 g/mol. The number of nitrogens with one attached hydrogen (secondary N) is 1. The first-order valence-corrected chi connectivity index (χ1v) is 7.37. The highest BCUT2D eigenvalue weighted by molar-refractivity contribution is 5.03. The standard InChI is InChI=1S/C15H30N2/c1-15(2)13-7-6-12(14(15)10-13)11-16-8-5-9-17(3)4/h12-14,16H,5-11H2,1-4H3. The van der Waals surface area contributed by atoms with Crippen LogP contribution in [0.2, 0.25) is 0 Å². The van der Waals surface area contributed by atoms with Crippen LogP contribution < -0.4 is 5.32 Å². The second-order valence-electron chi connectivity index (χ2n) is 7.06. The highest BCUT2D eigenvalue weighted by atomic mass is 15.1. The second kappa shape index (κ2) is 5.27. The molecule has 1 N–H and O–H groups in total. The fourth-order valence-electron chi connectivity index (χ4n) is 4.01. The topological polar surface area (TPSA) is 15.3 Å². The molecule has 100 valence electrons. The van der Waals surface area contributed by atoms with Crippen LogP contribution in [0, 0.1) is 23.2 Å². The lowest BCUT2D eigenvalue weighted by Crippen LogP contribution is -2.54. The van der Waals surface area contributed by atoms with Crippen molar-refractivity contribution in [1.29, 1.82) is 0 Å². The molecule has 2 heteroatoms. The summed E-state index contributed by atoms with van der Waals surface area (Å²) in [5.41, 5.74) is 0.647. The van der Waals surface area contributed by atoms with Crippen LogP contribution in [0.15, 0.2) is 0 Å². The first-order valence-electron chi connectivity index (χ1n) is 7.37. The third-order valence-electron chi connectivity index (χ3n) is 5.37. The lowest BCUT2D eigenvalue weighted by molar-refractivity contribution is -0.103. The Labute approximate surface area is 107 Å². The van der Waals surface area contributed by atoms with Crippen LogP contribution >= 0.6 is 0 Å². The summed E-state index contributed by atoms with van der Waals surface area (Å²) in [5, 5.41) is 3.68. The molecule has 3 aliphatic carbocycles. The molecule has 0 aromatic heterocycles. The van der Waals surface area contributed by atoms with E-state index < -0.39 is 0 Å². The van der Waals surface area contributed by atoms with E-state index in [4.69, 9.17) is 0 Å². The number of nitrogens with zero attached hydrogens (tertiary/aromatic N) is 1. The van der Waals surface area contributed by atoms with E-state index in [9.17, 15) is 0 Å². The van der Waals surface area contributed by atoms with Crippen molar-refractivity contribution in [1.82, 2.24) is 10.2 Å². The van der Waals surface area contributed by atoms with Gasteiger partial charge >= 0.3 is 0 Å². The molecular formula is C15H30N2. The van der Waals surface area contributed by atoms with Crippen LogP contribution in [0.5, 0.6) is 0 Å². The van der Waals surface area contributed by atoms with Gasteiger partial charge in [0.1, 0.15) is 0 Å². The van der Waals surface area contributed by atoms with Gasteiger partial charge in [0, 0.05) is 0 Å². The maximum Gasteiger partial charge on any atom is -0.00127 e.